The standard InChI is InChI=1S/C24H21Cl2N3O3/c1-13-16(25)9-5-10-18(13)27-24(31)22-14(2)21-19(11-6-12-20(21)32-22)28-29-23(30)15-7-3-4-8-17(15)26/h3-5,7-10H,6,11-12H2,1-2H3,(H,27,31)(H,29,30)/b28-19+. The van der Waals surface area contributed by atoms with Crippen LogP contribution in [0.15, 0.2) is 52.0 Å². The Hall–Kier alpha value is -3.09. The third-order valence-corrected chi connectivity index (χ3v) is 6.20. The zero-order valence-corrected chi connectivity index (χ0v) is 19.1. The summed E-state index contributed by atoms with van der Waals surface area (Å²) in [5.74, 6) is 0.154. The third-order valence-electron chi connectivity index (χ3n) is 5.46. The van der Waals surface area contributed by atoms with Crippen LogP contribution in [0.1, 0.15) is 56.2 Å². The van der Waals surface area contributed by atoms with Crippen molar-refractivity contribution in [3.63, 3.8) is 0 Å². The maximum absolute atomic E-state index is 12.9. The number of halogens is 2. The van der Waals surface area contributed by atoms with Gasteiger partial charge in [-0.25, -0.2) is 5.43 Å². The van der Waals surface area contributed by atoms with Gasteiger partial charge >= 0.3 is 0 Å². The Labute approximate surface area is 195 Å². The molecular weight excluding hydrogens is 449 g/mol. The summed E-state index contributed by atoms with van der Waals surface area (Å²) in [7, 11) is 0. The third kappa shape index (κ3) is 4.29. The van der Waals surface area contributed by atoms with Crippen molar-refractivity contribution >= 4 is 46.4 Å². The number of nitrogens with zero attached hydrogens (tertiary/aromatic N) is 1. The van der Waals surface area contributed by atoms with Gasteiger partial charge in [-0.1, -0.05) is 41.4 Å². The fraction of sp³-hybridized carbons (Fsp3) is 0.208. The molecule has 1 aromatic heterocycles. The van der Waals surface area contributed by atoms with Gasteiger partial charge in [0.15, 0.2) is 5.76 Å². The number of hydrogen-bond acceptors (Lipinski definition) is 4. The molecule has 0 atom stereocenters. The molecule has 0 saturated carbocycles. The van der Waals surface area contributed by atoms with Crippen molar-refractivity contribution in [1.82, 2.24) is 5.43 Å². The average Bonchev–Trinajstić information content (AvgIpc) is 3.13. The topological polar surface area (TPSA) is 83.7 Å². The summed E-state index contributed by atoms with van der Waals surface area (Å²) in [5.41, 5.74) is 6.44. The first-order valence-electron chi connectivity index (χ1n) is 10.2. The maximum atomic E-state index is 12.9. The lowest BCUT2D eigenvalue weighted by atomic mass is 9.93. The minimum atomic E-state index is -0.397. The summed E-state index contributed by atoms with van der Waals surface area (Å²) in [4.78, 5) is 25.4. The molecule has 2 aromatic carbocycles. The van der Waals surface area contributed by atoms with Gasteiger partial charge in [0.25, 0.3) is 11.8 Å². The number of carbonyl (C=O) groups excluding carboxylic acids is 2. The molecule has 3 aromatic rings. The molecule has 164 valence electrons. The number of aryl methyl sites for hydroxylation is 1. The van der Waals surface area contributed by atoms with E-state index in [1.54, 1.807) is 42.5 Å². The average molecular weight is 470 g/mol. The number of fused-ring (bicyclic) bond motifs is 1. The lowest BCUT2D eigenvalue weighted by Gasteiger charge is -2.13. The number of benzene rings is 2. The van der Waals surface area contributed by atoms with Crippen LogP contribution in [0.5, 0.6) is 0 Å². The summed E-state index contributed by atoms with van der Waals surface area (Å²) in [6, 6.07) is 12.1. The van der Waals surface area contributed by atoms with Gasteiger partial charge in [-0.05, 0) is 56.5 Å². The van der Waals surface area contributed by atoms with Crippen molar-refractivity contribution in [3.8, 4) is 0 Å². The quantitative estimate of drug-likeness (QED) is 0.464. The molecule has 8 heteroatoms. The fourth-order valence-corrected chi connectivity index (χ4v) is 4.14. The molecule has 1 heterocycles. The molecule has 32 heavy (non-hydrogen) atoms. The molecule has 0 fully saturated rings. The minimum Gasteiger partial charge on any atom is -0.455 e. The van der Waals surface area contributed by atoms with E-state index in [1.807, 2.05) is 13.8 Å². The highest BCUT2D eigenvalue weighted by Gasteiger charge is 2.28. The van der Waals surface area contributed by atoms with Crippen LogP contribution in [-0.2, 0) is 6.42 Å². The molecular formula is C24H21Cl2N3O3. The largest absolute Gasteiger partial charge is 0.455 e. The highest BCUT2D eigenvalue weighted by atomic mass is 35.5. The van der Waals surface area contributed by atoms with Crippen molar-refractivity contribution in [2.45, 2.75) is 33.1 Å². The van der Waals surface area contributed by atoms with Crippen LogP contribution in [0, 0.1) is 13.8 Å². The van der Waals surface area contributed by atoms with E-state index in [0.29, 0.717) is 51.2 Å². The molecule has 1 aliphatic carbocycles. The van der Waals surface area contributed by atoms with Crippen LogP contribution in [0.3, 0.4) is 0 Å². The van der Waals surface area contributed by atoms with Crippen molar-refractivity contribution in [2.24, 2.45) is 5.10 Å². The first-order valence-corrected chi connectivity index (χ1v) is 10.9. The lowest BCUT2D eigenvalue weighted by molar-refractivity contribution is 0.0953. The van der Waals surface area contributed by atoms with Gasteiger partial charge in [0, 0.05) is 28.3 Å². The number of carbonyl (C=O) groups is 2. The number of nitrogens with one attached hydrogen (secondary N) is 2. The summed E-state index contributed by atoms with van der Waals surface area (Å²) in [6.45, 7) is 3.66. The van der Waals surface area contributed by atoms with E-state index in [2.05, 4.69) is 15.8 Å². The Kier molecular flexibility index (Phi) is 6.35. The number of rotatable bonds is 4. The fourth-order valence-electron chi connectivity index (χ4n) is 3.74. The summed E-state index contributed by atoms with van der Waals surface area (Å²) < 4.78 is 5.92. The Morgan fingerprint density at radius 1 is 0.938 bits per heavy atom. The Balaban J connectivity index is 1.59. The van der Waals surface area contributed by atoms with Gasteiger partial charge in [0.1, 0.15) is 5.76 Å². The van der Waals surface area contributed by atoms with Crippen LogP contribution < -0.4 is 10.7 Å². The van der Waals surface area contributed by atoms with Crippen LogP contribution in [0.2, 0.25) is 10.0 Å². The van der Waals surface area contributed by atoms with Gasteiger partial charge < -0.3 is 9.73 Å². The molecule has 0 unspecified atom stereocenters. The zero-order chi connectivity index (χ0) is 22.8. The van der Waals surface area contributed by atoms with Crippen molar-refractivity contribution in [2.75, 3.05) is 5.32 Å². The van der Waals surface area contributed by atoms with Gasteiger partial charge in [-0.15, -0.1) is 0 Å². The first kappa shape index (κ1) is 22.1. The van der Waals surface area contributed by atoms with Gasteiger partial charge in [-0.3, -0.25) is 9.59 Å². The molecule has 2 N–H and O–H groups in total. The zero-order valence-electron chi connectivity index (χ0n) is 17.6. The van der Waals surface area contributed by atoms with E-state index in [4.69, 9.17) is 27.6 Å². The highest BCUT2D eigenvalue weighted by molar-refractivity contribution is 6.33. The predicted molar refractivity (Wildman–Crippen MR) is 126 cm³/mol. The van der Waals surface area contributed by atoms with Crippen molar-refractivity contribution in [3.05, 3.63) is 86.3 Å². The number of amides is 2. The Bertz CT molecular complexity index is 1250. The van der Waals surface area contributed by atoms with Gasteiger partial charge in [0.05, 0.1) is 16.3 Å². The smallest absolute Gasteiger partial charge is 0.291 e. The predicted octanol–water partition coefficient (Wildman–Crippen LogP) is 5.93. The molecule has 2 amide bonds. The summed E-state index contributed by atoms with van der Waals surface area (Å²) in [5, 5.41) is 8.13. The van der Waals surface area contributed by atoms with Crippen LogP contribution in [0.25, 0.3) is 0 Å². The monoisotopic (exact) mass is 469 g/mol. The maximum Gasteiger partial charge on any atom is 0.291 e. The number of anilines is 1. The second-order valence-corrected chi connectivity index (χ2v) is 8.37. The van der Waals surface area contributed by atoms with Crippen molar-refractivity contribution in [1.29, 1.82) is 0 Å². The number of furan rings is 1. The van der Waals surface area contributed by atoms with E-state index in [-0.39, 0.29) is 11.7 Å². The molecule has 0 spiro atoms. The van der Waals surface area contributed by atoms with Gasteiger partial charge in [0.2, 0.25) is 0 Å². The molecule has 0 radical (unpaired) electrons. The molecule has 6 nitrogen and oxygen atoms in total. The van der Waals surface area contributed by atoms with Gasteiger partial charge in [-0.2, -0.15) is 5.10 Å². The number of hydrogen-bond donors (Lipinski definition) is 2. The normalized spacial score (nSPS) is 14.2. The molecule has 0 aliphatic heterocycles. The first-order chi connectivity index (χ1) is 15.4. The molecule has 0 bridgehead atoms. The van der Waals surface area contributed by atoms with E-state index in [1.165, 1.54) is 0 Å². The van der Waals surface area contributed by atoms with E-state index in [9.17, 15) is 9.59 Å². The van der Waals surface area contributed by atoms with E-state index < -0.39 is 5.91 Å². The summed E-state index contributed by atoms with van der Waals surface area (Å²) in [6.07, 6.45) is 2.15. The second kappa shape index (κ2) is 9.18. The van der Waals surface area contributed by atoms with Crippen LogP contribution in [0.4, 0.5) is 5.69 Å². The number of hydrazone groups is 1. The van der Waals surface area contributed by atoms with Crippen molar-refractivity contribution < 1.29 is 14.0 Å². The lowest BCUT2D eigenvalue weighted by Crippen LogP contribution is -2.22. The highest BCUT2D eigenvalue weighted by Crippen LogP contribution is 2.31. The van der Waals surface area contributed by atoms with Crippen LogP contribution >= 0.6 is 23.2 Å². The van der Waals surface area contributed by atoms with E-state index >= 15 is 0 Å². The SMILES string of the molecule is Cc1c(Cl)cccc1NC(=O)c1oc2c(c1C)/C(=N/NC(=O)c1ccccc1Cl)CCC2. The second-order valence-electron chi connectivity index (χ2n) is 7.55. The summed E-state index contributed by atoms with van der Waals surface area (Å²) >= 11 is 12.3. The Morgan fingerprint density at radius 2 is 1.69 bits per heavy atom. The van der Waals surface area contributed by atoms with E-state index in [0.717, 1.165) is 17.5 Å². The minimum absolute atomic E-state index is 0.224. The molecule has 4 rings (SSSR count). The Morgan fingerprint density at radius 3 is 2.47 bits per heavy atom. The van der Waals surface area contributed by atoms with Crippen LogP contribution in [-0.4, -0.2) is 17.5 Å². The molecule has 0 saturated heterocycles. The molecule has 1 aliphatic rings.